The Labute approximate surface area is 122 Å². The van der Waals surface area contributed by atoms with E-state index in [1.165, 1.54) is 6.20 Å². The minimum atomic E-state index is -2.06. The van der Waals surface area contributed by atoms with Crippen LogP contribution in [-0.2, 0) is 28.1 Å². The monoisotopic (exact) mass is 480 g/mol. The van der Waals surface area contributed by atoms with Gasteiger partial charge in [-0.2, -0.15) is 0 Å². The van der Waals surface area contributed by atoms with Crippen LogP contribution in [0.1, 0.15) is 6.23 Å². The number of ether oxygens (including phenoxy) is 1. The van der Waals surface area contributed by atoms with Crippen molar-refractivity contribution in [1.29, 1.82) is 0 Å². The number of rotatable bonds is 3. The van der Waals surface area contributed by atoms with E-state index in [1.807, 2.05) is 0 Å². The van der Waals surface area contributed by atoms with Gasteiger partial charge in [-0.1, -0.05) is 0 Å². The van der Waals surface area contributed by atoms with Crippen molar-refractivity contribution in [2.45, 2.75) is 24.5 Å². The fourth-order valence-corrected chi connectivity index (χ4v) is 5.44. The van der Waals surface area contributed by atoms with Gasteiger partial charge in [0.2, 0.25) is 0 Å². The third kappa shape index (κ3) is 2.78. The summed E-state index contributed by atoms with van der Waals surface area (Å²) in [6.45, 7) is -0.491. The number of hydrogen-bond donors (Lipinski definition) is 4. The number of aromatic nitrogens is 2. The second-order valence-corrected chi connectivity index (χ2v) is 10.5. The number of nitrogens with zero attached hydrogens (tertiary/aromatic N) is 1. The van der Waals surface area contributed by atoms with E-state index in [0.717, 1.165) is 4.57 Å². The number of aliphatic hydroxyl groups is 3. The van der Waals surface area contributed by atoms with Gasteiger partial charge in [0.05, 0.1) is 0 Å². The summed E-state index contributed by atoms with van der Waals surface area (Å²) in [5.74, 6) is 0. The first-order valence-electron chi connectivity index (χ1n) is 5.52. The zero-order chi connectivity index (χ0) is 14.2. The summed E-state index contributed by atoms with van der Waals surface area (Å²) in [5, 5.41) is 28.4. The fraction of sp³-hybridized carbons (Fsp3) is 0.556. The Hall–Kier alpha value is -0.255. The Morgan fingerprint density at radius 1 is 1.42 bits per heavy atom. The maximum atomic E-state index is 11.7. The molecule has 2 rings (SSSR count). The van der Waals surface area contributed by atoms with E-state index in [2.05, 4.69) is 4.98 Å². The summed E-state index contributed by atoms with van der Waals surface area (Å²) in [5.41, 5.74) is -1.29. The van der Waals surface area contributed by atoms with E-state index < -0.39 is 65.7 Å². The van der Waals surface area contributed by atoms with Crippen LogP contribution in [-0.4, -0.2) is 49.8 Å². The van der Waals surface area contributed by atoms with Crippen LogP contribution >= 0.6 is 8.25 Å². The SMILES string of the molecule is O=c1[nH]c(=O)n([C@@H]2O[C@H](CO)[C@@H](O)[C@H]2O)c[c]1[Hg][Cl]. The Balaban J connectivity index is 2.43. The Bertz CT molecular complexity index is 575. The average Bonchev–Trinajstić information content (AvgIpc) is 2.67. The van der Waals surface area contributed by atoms with E-state index in [-0.39, 0.29) is 0 Å². The predicted molar refractivity (Wildman–Crippen MR) is 59.8 cm³/mol. The minimum absolute atomic E-state index is 0.346. The normalized spacial score (nSPS) is 30.3. The molecular formula is C9H11ClHgN2O6. The van der Waals surface area contributed by atoms with Gasteiger partial charge in [-0.15, -0.1) is 0 Å². The van der Waals surface area contributed by atoms with Crippen LogP contribution in [0.5, 0.6) is 0 Å². The standard InChI is InChI=1S/C9H11N2O6.ClH.Hg/c12-3-4-6(14)7(15)8(17-4)11-2-1-5(13)10-9(11)16;;/h2,4,6-8,12,14-15H,3H2,(H,10,13,16);1H;/q;;+1/p-1/t4-,6-,7-,8-;;/m1../s1. The molecule has 1 saturated heterocycles. The maximum absolute atomic E-state index is 11.7. The molecule has 2 heterocycles. The number of H-pyrrole nitrogens is 1. The van der Waals surface area contributed by atoms with Gasteiger partial charge in [0.15, 0.2) is 0 Å². The van der Waals surface area contributed by atoms with E-state index in [4.69, 9.17) is 18.1 Å². The molecule has 0 bridgehead atoms. The number of hydrogen-bond acceptors (Lipinski definition) is 6. The van der Waals surface area contributed by atoms with E-state index >= 15 is 0 Å². The molecule has 1 aromatic rings. The van der Waals surface area contributed by atoms with Crippen molar-refractivity contribution in [2.24, 2.45) is 0 Å². The van der Waals surface area contributed by atoms with Crippen LogP contribution in [0.4, 0.5) is 0 Å². The molecule has 0 amide bonds. The predicted octanol–water partition coefficient (Wildman–Crippen LogP) is -2.99. The van der Waals surface area contributed by atoms with E-state index in [0.29, 0.717) is 3.07 Å². The Morgan fingerprint density at radius 2 is 2.11 bits per heavy atom. The Kier molecular flexibility index (Phi) is 4.80. The molecule has 1 aliphatic rings. The van der Waals surface area contributed by atoms with Gasteiger partial charge in [0, 0.05) is 0 Å². The second-order valence-electron chi connectivity index (χ2n) is 4.18. The van der Waals surface area contributed by atoms with Crippen molar-refractivity contribution in [1.82, 2.24) is 9.55 Å². The van der Waals surface area contributed by atoms with Gasteiger partial charge in [0.25, 0.3) is 0 Å². The molecule has 10 heteroatoms. The topological polar surface area (TPSA) is 125 Å². The molecule has 1 aromatic heterocycles. The zero-order valence-electron chi connectivity index (χ0n) is 9.69. The third-order valence-electron chi connectivity index (χ3n) is 2.98. The van der Waals surface area contributed by atoms with Crippen molar-refractivity contribution in [3.05, 3.63) is 27.0 Å². The van der Waals surface area contributed by atoms with Crippen LogP contribution < -0.4 is 14.3 Å². The first-order chi connectivity index (χ1) is 8.99. The van der Waals surface area contributed by atoms with Crippen molar-refractivity contribution in [2.75, 3.05) is 6.61 Å². The van der Waals surface area contributed by atoms with Gasteiger partial charge in [-0.05, 0) is 0 Å². The summed E-state index contributed by atoms with van der Waals surface area (Å²) in [6.07, 6.45) is -3.57. The van der Waals surface area contributed by atoms with Gasteiger partial charge in [0.1, 0.15) is 0 Å². The summed E-state index contributed by atoms with van der Waals surface area (Å²) >= 11 is -2.06. The summed E-state index contributed by atoms with van der Waals surface area (Å²) in [7, 11) is 5.78. The summed E-state index contributed by atoms with van der Waals surface area (Å²) in [6, 6.07) is 0. The molecule has 0 aliphatic carbocycles. The molecule has 0 saturated carbocycles. The van der Waals surface area contributed by atoms with Crippen LogP contribution in [0.2, 0.25) is 0 Å². The first kappa shape index (κ1) is 15.1. The van der Waals surface area contributed by atoms with E-state index in [1.54, 1.807) is 0 Å². The van der Waals surface area contributed by atoms with Crippen LogP contribution in [0.3, 0.4) is 0 Å². The van der Waals surface area contributed by atoms with Crippen molar-refractivity contribution in [3.8, 4) is 0 Å². The molecule has 4 atom stereocenters. The van der Waals surface area contributed by atoms with Crippen molar-refractivity contribution < 1.29 is 43.4 Å². The van der Waals surface area contributed by atoms with Gasteiger partial charge < -0.3 is 0 Å². The molecule has 4 N–H and O–H groups in total. The average molecular weight is 479 g/mol. The molecule has 1 aliphatic heterocycles. The summed E-state index contributed by atoms with van der Waals surface area (Å²) in [4.78, 5) is 25.2. The van der Waals surface area contributed by atoms with Crippen molar-refractivity contribution >= 4 is 11.3 Å². The van der Waals surface area contributed by atoms with Gasteiger partial charge in [-0.25, -0.2) is 0 Å². The molecular weight excluding hydrogens is 468 g/mol. The number of nitrogens with one attached hydrogen (secondary N) is 1. The third-order valence-corrected chi connectivity index (χ3v) is 8.58. The van der Waals surface area contributed by atoms with Crippen LogP contribution in [0, 0.1) is 0 Å². The second kappa shape index (κ2) is 6.02. The molecule has 8 nitrogen and oxygen atoms in total. The molecule has 19 heavy (non-hydrogen) atoms. The molecule has 0 radical (unpaired) electrons. The van der Waals surface area contributed by atoms with Crippen LogP contribution in [0.25, 0.3) is 0 Å². The number of halogens is 1. The van der Waals surface area contributed by atoms with Gasteiger partial charge in [-0.3, -0.25) is 0 Å². The molecule has 1 fully saturated rings. The Morgan fingerprint density at radius 3 is 2.63 bits per heavy atom. The summed E-state index contributed by atoms with van der Waals surface area (Å²) < 4.78 is 6.55. The van der Waals surface area contributed by atoms with Crippen molar-refractivity contribution in [3.63, 3.8) is 0 Å². The van der Waals surface area contributed by atoms with E-state index in [9.17, 15) is 19.8 Å². The van der Waals surface area contributed by atoms with Crippen LogP contribution in [0.15, 0.2) is 15.8 Å². The van der Waals surface area contributed by atoms with Gasteiger partial charge >= 0.3 is 122 Å². The number of aromatic amines is 1. The number of aliphatic hydroxyl groups excluding tert-OH is 3. The molecule has 0 aromatic carbocycles. The molecule has 102 valence electrons. The quantitative estimate of drug-likeness (QED) is 0.343. The molecule has 0 spiro atoms. The zero-order valence-corrected chi connectivity index (χ0v) is 15.9. The first-order valence-corrected chi connectivity index (χ1v) is 15.0. The molecule has 0 unspecified atom stereocenters. The fourth-order valence-electron chi connectivity index (χ4n) is 1.92.